The van der Waals surface area contributed by atoms with E-state index in [0.29, 0.717) is 6.04 Å². The number of hydrogen-bond donors (Lipinski definition) is 1. The lowest BCUT2D eigenvalue weighted by molar-refractivity contribution is 0.371. The van der Waals surface area contributed by atoms with Crippen LogP contribution in [0.5, 0.6) is 0 Å². The molecule has 2 rings (SSSR count). The molecule has 1 aromatic rings. The van der Waals surface area contributed by atoms with E-state index >= 15 is 0 Å². The van der Waals surface area contributed by atoms with Crippen molar-refractivity contribution in [2.75, 3.05) is 26.0 Å². The van der Waals surface area contributed by atoms with Crippen LogP contribution in [0.25, 0.3) is 0 Å². The summed E-state index contributed by atoms with van der Waals surface area (Å²) in [5.41, 5.74) is 4.36. The molecule has 1 atom stereocenters. The second kappa shape index (κ2) is 4.88. The van der Waals surface area contributed by atoms with Crippen molar-refractivity contribution in [2.24, 2.45) is 0 Å². The second-order valence-corrected chi connectivity index (χ2v) is 4.95. The quantitative estimate of drug-likeness (QED) is 0.838. The Kier molecular flexibility index (Phi) is 3.49. The summed E-state index contributed by atoms with van der Waals surface area (Å²) in [4.78, 5) is 2.26. The number of rotatable bonds is 3. The smallest absolute Gasteiger partial charge is 0.0407 e. The molecule has 1 unspecified atom stereocenters. The molecule has 0 bridgehead atoms. The van der Waals surface area contributed by atoms with Gasteiger partial charge in [0.25, 0.3) is 0 Å². The highest BCUT2D eigenvalue weighted by Crippen LogP contribution is 2.28. The summed E-state index contributed by atoms with van der Waals surface area (Å²) in [5, 5.41) is 3.71. The molecule has 0 aromatic heterocycles. The molecular weight excluding hydrogens is 196 g/mol. The van der Waals surface area contributed by atoms with E-state index in [1.165, 1.54) is 29.7 Å². The van der Waals surface area contributed by atoms with Gasteiger partial charge in [0.1, 0.15) is 0 Å². The van der Waals surface area contributed by atoms with E-state index in [1.807, 2.05) is 0 Å². The predicted molar refractivity (Wildman–Crippen MR) is 70.1 cm³/mol. The molecule has 0 fully saturated rings. The third-order valence-corrected chi connectivity index (χ3v) is 3.31. The highest BCUT2D eigenvalue weighted by Gasteiger charge is 2.19. The Morgan fingerprint density at radius 1 is 1.38 bits per heavy atom. The summed E-state index contributed by atoms with van der Waals surface area (Å²) in [6.45, 7) is 3.35. The maximum absolute atomic E-state index is 3.71. The van der Waals surface area contributed by atoms with Crippen molar-refractivity contribution in [3.63, 3.8) is 0 Å². The average molecular weight is 218 g/mol. The van der Waals surface area contributed by atoms with Crippen molar-refractivity contribution < 1.29 is 0 Å². The van der Waals surface area contributed by atoms with Crippen molar-refractivity contribution in [3.05, 3.63) is 29.3 Å². The summed E-state index contributed by atoms with van der Waals surface area (Å²) in [6.07, 6.45) is 3.58. The van der Waals surface area contributed by atoms with Crippen molar-refractivity contribution in [1.29, 1.82) is 0 Å². The van der Waals surface area contributed by atoms with Gasteiger partial charge >= 0.3 is 0 Å². The van der Waals surface area contributed by atoms with Gasteiger partial charge in [-0.25, -0.2) is 0 Å². The first kappa shape index (κ1) is 11.5. The normalized spacial score (nSPS) is 19.4. The van der Waals surface area contributed by atoms with Gasteiger partial charge in [-0.1, -0.05) is 25.1 Å². The lowest BCUT2D eigenvalue weighted by atomic mass is 9.94. The summed E-state index contributed by atoms with van der Waals surface area (Å²) in [6, 6.07) is 7.29. The summed E-state index contributed by atoms with van der Waals surface area (Å²) >= 11 is 0. The zero-order chi connectivity index (χ0) is 11.5. The molecule has 0 radical (unpaired) electrons. The SMILES string of the molecule is CCc1cccc2c1NC(CN(C)C)CC2. The fourth-order valence-corrected chi connectivity index (χ4v) is 2.53. The number of anilines is 1. The molecule has 0 aliphatic carbocycles. The molecule has 16 heavy (non-hydrogen) atoms. The molecule has 88 valence electrons. The molecule has 0 saturated heterocycles. The van der Waals surface area contributed by atoms with Crippen LogP contribution >= 0.6 is 0 Å². The van der Waals surface area contributed by atoms with Crippen LogP contribution in [0, 0.1) is 0 Å². The minimum atomic E-state index is 0.607. The third kappa shape index (κ3) is 2.38. The largest absolute Gasteiger partial charge is 0.381 e. The van der Waals surface area contributed by atoms with Crippen LogP contribution in [-0.2, 0) is 12.8 Å². The minimum Gasteiger partial charge on any atom is -0.381 e. The summed E-state index contributed by atoms with van der Waals surface area (Å²) in [7, 11) is 4.28. The molecule has 0 amide bonds. The van der Waals surface area contributed by atoms with Crippen molar-refractivity contribution in [1.82, 2.24) is 4.90 Å². The van der Waals surface area contributed by atoms with E-state index in [2.05, 4.69) is 49.4 Å². The lowest BCUT2D eigenvalue weighted by Gasteiger charge is -2.30. The Hall–Kier alpha value is -1.02. The Morgan fingerprint density at radius 2 is 2.19 bits per heavy atom. The molecule has 1 N–H and O–H groups in total. The van der Waals surface area contributed by atoms with Crippen LogP contribution in [0.2, 0.25) is 0 Å². The van der Waals surface area contributed by atoms with E-state index in [9.17, 15) is 0 Å². The molecule has 0 saturated carbocycles. The van der Waals surface area contributed by atoms with Crippen LogP contribution in [0.1, 0.15) is 24.5 Å². The van der Waals surface area contributed by atoms with E-state index in [0.717, 1.165) is 13.0 Å². The van der Waals surface area contributed by atoms with Crippen LogP contribution in [0.15, 0.2) is 18.2 Å². The van der Waals surface area contributed by atoms with Gasteiger partial charge in [0, 0.05) is 18.3 Å². The molecule has 1 aromatic carbocycles. The van der Waals surface area contributed by atoms with Gasteiger partial charge in [0.05, 0.1) is 0 Å². The standard InChI is InChI=1S/C14H22N2/c1-4-11-6-5-7-12-8-9-13(10-16(2)3)15-14(11)12/h5-7,13,15H,4,8-10H2,1-3H3. The number of aryl methyl sites for hydroxylation is 2. The number of nitrogens with zero attached hydrogens (tertiary/aromatic N) is 1. The van der Waals surface area contributed by atoms with Crippen LogP contribution in [-0.4, -0.2) is 31.6 Å². The molecule has 0 spiro atoms. The fraction of sp³-hybridized carbons (Fsp3) is 0.571. The summed E-state index contributed by atoms with van der Waals surface area (Å²) in [5.74, 6) is 0. The molecule has 2 nitrogen and oxygen atoms in total. The Morgan fingerprint density at radius 3 is 2.88 bits per heavy atom. The highest BCUT2D eigenvalue weighted by atomic mass is 15.1. The number of likely N-dealkylation sites (N-methyl/N-ethyl adjacent to an activating group) is 1. The van der Waals surface area contributed by atoms with Crippen molar-refractivity contribution >= 4 is 5.69 Å². The Balaban J connectivity index is 2.18. The highest BCUT2D eigenvalue weighted by molar-refractivity contribution is 5.60. The van der Waals surface area contributed by atoms with Crippen molar-refractivity contribution in [3.8, 4) is 0 Å². The van der Waals surface area contributed by atoms with E-state index in [-0.39, 0.29) is 0 Å². The lowest BCUT2D eigenvalue weighted by Crippen LogP contribution is -2.35. The first-order chi connectivity index (χ1) is 7.70. The van der Waals surface area contributed by atoms with Gasteiger partial charge in [-0.3, -0.25) is 0 Å². The molecule has 1 aliphatic rings. The predicted octanol–water partition coefficient (Wildman–Crippen LogP) is 2.54. The maximum Gasteiger partial charge on any atom is 0.0407 e. The van der Waals surface area contributed by atoms with E-state index < -0.39 is 0 Å². The number of nitrogens with one attached hydrogen (secondary N) is 1. The third-order valence-electron chi connectivity index (χ3n) is 3.31. The zero-order valence-electron chi connectivity index (χ0n) is 10.6. The van der Waals surface area contributed by atoms with Crippen molar-refractivity contribution in [2.45, 2.75) is 32.2 Å². The number of fused-ring (bicyclic) bond motifs is 1. The Bertz CT molecular complexity index is 344. The van der Waals surface area contributed by atoms with Gasteiger partial charge in [-0.15, -0.1) is 0 Å². The van der Waals surface area contributed by atoms with Gasteiger partial charge in [-0.05, 0) is 44.5 Å². The minimum absolute atomic E-state index is 0.607. The zero-order valence-corrected chi connectivity index (χ0v) is 10.6. The van der Waals surface area contributed by atoms with Crippen LogP contribution in [0.4, 0.5) is 5.69 Å². The number of benzene rings is 1. The van der Waals surface area contributed by atoms with Crippen LogP contribution < -0.4 is 5.32 Å². The topological polar surface area (TPSA) is 15.3 Å². The van der Waals surface area contributed by atoms with E-state index in [1.54, 1.807) is 0 Å². The monoisotopic (exact) mass is 218 g/mol. The number of hydrogen-bond acceptors (Lipinski definition) is 2. The fourth-order valence-electron chi connectivity index (χ4n) is 2.53. The molecule has 1 aliphatic heterocycles. The Labute approximate surface area is 98.7 Å². The van der Waals surface area contributed by atoms with Gasteiger partial charge in [0.15, 0.2) is 0 Å². The first-order valence-corrected chi connectivity index (χ1v) is 6.22. The first-order valence-electron chi connectivity index (χ1n) is 6.22. The maximum atomic E-state index is 3.71. The average Bonchev–Trinajstić information content (AvgIpc) is 2.27. The molecular formula is C14H22N2. The van der Waals surface area contributed by atoms with E-state index in [4.69, 9.17) is 0 Å². The second-order valence-electron chi connectivity index (χ2n) is 4.95. The molecule has 1 heterocycles. The summed E-state index contributed by atoms with van der Waals surface area (Å²) < 4.78 is 0. The van der Waals surface area contributed by atoms with Crippen LogP contribution in [0.3, 0.4) is 0 Å². The van der Waals surface area contributed by atoms with Gasteiger partial charge in [0.2, 0.25) is 0 Å². The molecule has 2 heteroatoms. The number of para-hydroxylation sites is 1. The van der Waals surface area contributed by atoms with Gasteiger partial charge < -0.3 is 10.2 Å². The van der Waals surface area contributed by atoms with Gasteiger partial charge in [-0.2, -0.15) is 0 Å².